The number of phosphoric ester groups is 3. The lowest BCUT2D eigenvalue weighted by Gasteiger charge is -2.39. The molecule has 0 bridgehead atoms. The van der Waals surface area contributed by atoms with Crippen LogP contribution in [0.25, 0.3) is 0 Å². The Morgan fingerprint density at radius 3 is 2.00 bits per heavy atom. The van der Waals surface area contributed by atoms with E-state index in [0.29, 0.717) is 12.8 Å². The summed E-state index contributed by atoms with van der Waals surface area (Å²) in [6.45, 7) is -1.54. The molecule has 0 radical (unpaired) electrons. The highest BCUT2D eigenvalue weighted by Crippen LogP contribution is 2.55. The van der Waals surface area contributed by atoms with Gasteiger partial charge in [0.1, 0.15) is 60.4 Å². The molecule has 67 heavy (non-hydrogen) atoms. The van der Waals surface area contributed by atoms with Crippen LogP contribution in [0.3, 0.4) is 0 Å². The molecule has 4 aliphatic rings. The van der Waals surface area contributed by atoms with E-state index in [2.05, 4.69) is 9.51 Å². The molecule has 4 saturated heterocycles. The second-order valence-corrected chi connectivity index (χ2v) is 19.6. The van der Waals surface area contributed by atoms with Crippen molar-refractivity contribution in [3.05, 3.63) is 89.0 Å². The van der Waals surface area contributed by atoms with Crippen molar-refractivity contribution in [1.82, 2.24) is 28.7 Å². The number of hydrogen-bond donors (Lipinski definition) is 9. The van der Waals surface area contributed by atoms with Crippen LogP contribution in [0.1, 0.15) is 51.3 Å². The molecule has 31 nitrogen and oxygen atoms in total. The number of nitrogen functional groups attached to an aromatic ring is 1. The summed E-state index contributed by atoms with van der Waals surface area (Å²) < 4.78 is 97.3. The maximum atomic E-state index is 13.9. The van der Waals surface area contributed by atoms with Gasteiger partial charge in [0.25, 0.3) is 11.1 Å². The third kappa shape index (κ3) is 12.1. The smallest absolute Gasteiger partial charge is 0.387 e. The molecule has 34 heteroatoms. The fraction of sp³-hybridized carbons (Fsp3) is 0.636. The number of hydrogen-bond acceptors (Lipinski definition) is 22. The first-order chi connectivity index (χ1) is 31.4. The van der Waals surface area contributed by atoms with E-state index in [-0.39, 0.29) is 18.8 Å². The van der Waals surface area contributed by atoms with E-state index in [9.17, 15) is 67.5 Å². The third-order valence-corrected chi connectivity index (χ3v) is 13.3. The fourth-order valence-electron chi connectivity index (χ4n) is 7.73. The molecule has 7 heterocycles. The molecule has 0 saturated carbocycles. The van der Waals surface area contributed by atoms with Crippen molar-refractivity contribution in [3.8, 4) is 0 Å². The van der Waals surface area contributed by atoms with Crippen molar-refractivity contribution < 1.29 is 89.8 Å². The SMILES string of the molecule is C[C@@]1(OC2CCCCO2)[C@H](OP(=O)(O)OC[C@H]2O[C@@H](n3ccc(=O)[nH]c3=O)[C@H](O)[C@@H]2O)[C@@H](COP(=O)(O)O[C@H]2C[C@H](n3ccc(=O)[nH]c3=O)O[C@@H]2CO[32P](=O)(O)O)O[C@H]1n1ccc(N)nc1=O. The molecule has 0 amide bonds. The minimum absolute atomic E-state index is 0.209. The molecule has 7 rings (SSSR count). The number of aromatic nitrogens is 6. The lowest BCUT2D eigenvalue weighted by Crippen LogP contribution is -2.52. The lowest BCUT2D eigenvalue weighted by atomic mass is 9.95. The number of nitrogens with one attached hydrogen (secondary N) is 2. The third-order valence-electron chi connectivity index (χ3n) is 10.9. The summed E-state index contributed by atoms with van der Waals surface area (Å²) in [5.74, 6) is -0.209. The zero-order valence-electron chi connectivity index (χ0n) is 34.7. The molecule has 0 aromatic carbocycles. The van der Waals surface area contributed by atoms with Crippen LogP contribution in [0.2, 0.25) is 0 Å². The predicted octanol–water partition coefficient (Wildman–Crippen LogP) is -2.85. The van der Waals surface area contributed by atoms with Crippen LogP contribution in [-0.2, 0) is 60.0 Å². The van der Waals surface area contributed by atoms with Gasteiger partial charge in [-0.25, -0.2) is 28.1 Å². The summed E-state index contributed by atoms with van der Waals surface area (Å²) in [7, 11) is -16.1. The van der Waals surface area contributed by atoms with E-state index in [0.717, 1.165) is 44.4 Å². The molecule has 4 aliphatic heterocycles. The normalized spacial score (nSPS) is 33.1. The molecule has 3 aromatic heterocycles. The van der Waals surface area contributed by atoms with E-state index in [4.69, 9.17) is 47.5 Å². The van der Waals surface area contributed by atoms with Gasteiger partial charge in [-0.1, -0.05) is 0 Å². The number of phosphoric acid groups is 3. The number of nitrogens with two attached hydrogens (primary N) is 1. The highest BCUT2D eigenvalue weighted by atomic mass is 32.2. The Morgan fingerprint density at radius 2 is 1.39 bits per heavy atom. The summed E-state index contributed by atoms with van der Waals surface area (Å²) in [6, 6.07) is 3.11. The summed E-state index contributed by atoms with van der Waals surface area (Å²) in [5.41, 5.74) is -0.944. The molecule has 0 aliphatic carbocycles. The standard InChI is InChI=1S/C33H46N7O24P3/c1-33(62-24-4-2-3-11-55-24)27(64-67(53,54)57-14-18-25(43)26(44)28(60-18)39-10-7-22(42)37-32(39)47)19(61-29(33)40-8-5-20(34)35-30(40)45)15-58-66(51,52)63-16-12-23(38-9-6-21(41)36-31(38)46)59-17(16)13-56-65(48,49)50/h5-10,16-19,23-29,43-44H,2-4,11-15H2,1H3,(H,51,52)(H,53,54)(H2,34,35,45)(H,36,41,46)(H,37,42,47)(H2,48,49,50)/t16-,17+,18+,19+,23+,24?,25+,26+,27+,28+,29+,33+/m0/s1/i65+1. The highest BCUT2D eigenvalue weighted by molar-refractivity contribution is 7.47. The molecule has 3 unspecified atom stereocenters. The van der Waals surface area contributed by atoms with Crippen LogP contribution in [0.5, 0.6) is 0 Å². The maximum Gasteiger partial charge on any atom is 0.472 e. The van der Waals surface area contributed by atoms with Gasteiger partial charge in [0.15, 0.2) is 18.7 Å². The summed E-state index contributed by atoms with van der Waals surface area (Å²) in [6.07, 6.45) is -13.7. The number of H-pyrrole nitrogens is 2. The molecule has 10 N–H and O–H groups in total. The van der Waals surface area contributed by atoms with Crippen molar-refractivity contribution in [3.63, 3.8) is 0 Å². The Morgan fingerprint density at radius 1 is 0.776 bits per heavy atom. The van der Waals surface area contributed by atoms with Crippen LogP contribution < -0.4 is 33.9 Å². The maximum absolute atomic E-state index is 13.9. The van der Waals surface area contributed by atoms with Gasteiger partial charge in [0.05, 0.1) is 19.8 Å². The molecular formula is C33H46N7O24P3. The quantitative estimate of drug-likeness (QED) is 0.0579. The predicted molar refractivity (Wildman–Crippen MR) is 216 cm³/mol. The fourth-order valence-corrected chi connectivity index (χ4v) is 10.1. The van der Waals surface area contributed by atoms with E-state index in [1.165, 1.54) is 13.0 Å². The van der Waals surface area contributed by atoms with Crippen LogP contribution >= 0.6 is 23.5 Å². The van der Waals surface area contributed by atoms with Crippen molar-refractivity contribution in [2.24, 2.45) is 0 Å². The summed E-state index contributed by atoms with van der Waals surface area (Å²) in [5, 5.41) is 21.4. The minimum atomic E-state index is -5.49. The first-order valence-corrected chi connectivity index (χ1v) is 24.6. The Hall–Kier alpha value is -3.91. The van der Waals surface area contributed by atoms with Gasteiger partial charge < -0.3 is 59.2 Å². The zero-order chi connectivity index (χ0) is 48.6. The molecule has 372 valence electrons. The number of aliphatic hydroxyl groups excluding tert-OH is 2. The van der Waals surface area contributed by atoms with Crippen molar-refractivity contribution in [1.29, 1.82) is 0 Å². The van der Waals surface area contributed by atoms with Gasteiger partial charge in [0.2, 0.25) is 0 Å². The van der Waals surface area contributed by atoms with Crippen LogP contribution in [0.15, 0.2) is 60.8 Å². The van der Waals surface area contributed by atoms with Gasteiger partial charge >= 0.3 is 40.5 Å². The Bertz CT molecular complexity index is 2700. The first kappa shape index (κ1) is 51.0. The van der Waals surface area contributed by atoms with E-state index in [1.807, 2.05) is 9.97 Å². The number of nitrogens with zero attached hydrogens (tertiary/aromatic N) is 4. The van der Waals surface area contributed by atoms with Crippen molar-refractivity contribution in [2.45, 2.75) is 106 Å². The molecule has 0 spiro atoms. The Balaban J connectivity index is 1.15. The number of ether oxygens (including phenoxy) is 5. The Labute approximate surface area is 374 Å². The molecule has 3 aromatic rings. The van der Waals surface area contributed by atoms with Crippen LogP contribution in [0.4, 0.5) is 5.82 Å². The zero-order valence-corrected chi connectivity index (χ0v) is 37.4. The van der Waals surface area contributed by atoms with E-state index in [1.54, 1.807) is 0 Å². The van der Waals surface area contributed by atoms with E-state index >= 15 is 0 Å². The number of rotatable bonds is 18. The van der Waals surface area contributed by atoms with Gasteiger partial charge in [-0.15, -0.1) is 0 Å². The van der Waals surface area contributed by atoms with Gasteiger partial charge in [-0.05, 0) is 32.3 Å². The molecular weight excluding hydrogens is 972 g/mol. The summed E-state index contributed by atoms with van der Waals surface area (Å²) >= 11 is 0. The van der Waals surface area contributed by atoms with Crippen LogP contribution in [0, 0.1) is 0 Å². The molecule has 14 atom stereocenters. The van der Waals surface area contributed by atoms with Crippen molar-refractivity contribution >= 4 is 29.3 Å². The minimum Gasteiger partial charge on any atom is -0.387 e. The monoisotopic (exact) mass is 1020 g/mol. The first-order valence-electron chi connectivity index (χ1n) is 20.0. The average molecular weight is 1020 g/mol. The lowest BCUT2D eigenvalue weighted by molar-refractivity contribution is -0.255. The number of aliphatic hydroxyl groups is 2. The second kappa shape index (κ2) is 20.2. The number of anilines is 1. The van der Waals surface area contributed by atoms with Gasteiger partial charge in [0, 0.05) is 43.8 Å². The molecule has 4 fully saturated rings. The summed E-state index contributed by atoms with van der Waals surface area (Å²) in [4.78, 5) is 110. The number of aromatic amines is 2. The van der Waals surface area contributed by atoms with Crippen molar-refractivity contribution in [2.75, 3.05) is 32.2 Å². The van der Waals surface area contributed by atoms with Gasteiger partial charge in [-0.3, -0.25) is 55.9 Å². The topological polar surface area (TPSA) is 436 Å². The largest absolute Gasteiger partial charge is 0.472 e. The highest BCUT2D eigenvalue weighted by Gasteiger charge is 2.61. The Kier molecular flexibility index (Phi) is 15.4. The van der Waals surface area contributed by atoms with Crippen LogP contribution in [-0.4, -0.2) is 139 Å². The van der Waals surface area contributed by atoms with E-state index < -0.39 is 151 Å². The second-order valence-electron chi connectivity index (χ2n) is 15.6. The van der Waals surface area contributed by atoms with Gasteiger partial charge in [-0.2, -0.15) is 4.98 Å². The average Bonchev–Trinajstić information content (AvgIpc) is 3.85.